The van der Waals surface area contributed by atoms with Crippen LogP contribution in [-0.2, 0) is 6.42 Å². The smallest absolute Gasteiger partial charge is 0.0378 e. The largest absolute Gasteiger partial charge is 0.385 e. The molecule has 0 aromatic heterocycles. The van der Waals surface area contributed by atoms with E-state index in [-0.39, 0.29) is 0 Å². The Bertz CT molecular complexity index is 302. The van der Waals surface area contributed by atoms with Crippen molar-refractivity contribution in [3.8, 4) is 0 Å². The summed E-state index contributed by atoms with van der Waals surface area (Å²) in [7, 11) is 0. The van der Waals surface area contributed by atoms with Crippen LogP contribution >= 0.6 is 0 Å². The molecule has 0 radical (unpaired) electrons. The van der Waals surface area contributed by atoms with Gasteiger partial charge in [0.05, 0.1) is 0 Å². The van der Waals surface area contributed by atoms with Crippen LogP contribution in [0.25, 0.3) is 0 Å². The number of benzene rings is 1. The summed E-state index contributed by atoms with van der Waals surface area (Å²) in [5.74, 6) is 0. The molecule has 0 aliphatic carbocycles. The molecular formula is C11H15N. The molecule has 0 bridgehead atoms. The lowest BCUT2D eigenvalue weighted by Gasteiger charge is -2.20. The zero-order valence-electron chi connectivity index (χ0n) is 7.78. The number of nitrogens with one attached hydrogen (secondary N) is 1. The third kappa shape index (κ3) is 1.20. The van der Waals surface area contributed by atoms with Crippen molar-refractivity contribution in [3.05, 3.63) is 28.8 Å². The first-order valence-electron chi connectivity index (χ1n) is 4.61. The normalized spacial score (nSPS) is 15.2. The van der Waals surface area contributed by atoms with Gasteiger partial charge in [0.25, 0.3) is 0 Å². The topological polar surface area (TPSA) is 12.0 Å². The standard InChI is InChI=1S/C11H15N/c1-8-6-9(2)10-4-3-5-12-11(10)7-8/h6-7,12H,3-5H2,1-2H3. The minimum atomic E-state index is 1.13. The molecule has 0 atom stereocenters. The summed E-state index contributed by atoms with van der Waals surface area (Å²) < 4.78 is 0. The van der Waals surface area contributed by atoms with Crippen LogP contribution in [0.15, 0.2) is 12.1 Å². The summed E-state index contributed by atoms with van der Waals surface area (Å²) in [6.07, 6.45) is 2.52. The van der Waals surface area contributed by atoms with Crippen molar-refractivity contribution in [1.29, 1.82) is 0 Å². The molecule has 1 nitrogen and oxygen atoms in total. The summed E-state index contributed by atoms with van der Waals surface area (Å²) in [4.78, 5) is 0. The molecule has 0 saturated carbocycles. The van der Waals surface area contributed by atoms with E-state index in [1.165, 1.54) is 35.2 Å². The molecule has 0 spiro atoms. The first-order chi connectivity index (χ1) is 5.77. The number of aryl methyl sites for hydroxylation is 2. The van der Waals surface area contributed by atoms with E-state index in [1.54, 1.807) is 0 Å². The lowest BCUT2D eigenvalue weighted by Crippen LogP contribution is -2.12. The number of hydrogen-bond donors (Lipinski definition) is 1. The Kier molecular flexibility index (Phi) is 1.80. The van der Waals surface area contributed by atoms with E-state index >= 15 is 0 Å². The summed E-state index contributed by atoms with van der Waals surface area (Å²) in [5, 5.41) is 3.44. The highest BCUT2D eigenvalue weighted by atomic mass is 14.9. The van der Waals surface area contributed by atoms with Gasteiger partial charge >= 0.3 is 0 Å². The molecule has 64 valence electrons. The average Bonchev–Trinajstić information content (AvgIpc) is 2.04. The minimum Gasteiger partial charge on any atom is -0.385 e. The van der Waals surface area contributed by atoms with Crippen LogP contribution in [0, 0.1) is 13.8 Å². The lowest BCUT2D eigenvalue weighted by atomic mass is 9.96. The second kappa shape index (κ2) is 2.81. The highest BCUT2D eigenvalue weighted by Gasteiger charge is 2.10. The van der Waals surface area contributed by atoms with Gasteiger partial charge in [0.15, 0.2) is 0 Å². The SMILES string of the molecule is Cc1cc(C)c2c(c1)NCCC2. The Labute approximate surface area is 73.8 Å². The Morgan fingerprint density at radius 3 is 2.92 bits per heavy atom. The van der Waals surface area contributed by atoms with Crippen molar-refractivity contribution in [2.45, 2.75) is 26.7 Å². The van der Waals surface area contributed by atoms with Gasteiger partial charge < -0.3 is 5.32 Å². The molecule has 1 aromatic carbocycles. The van der Waals surface area contributed by atoms with Gasteiger partial charge in [0.2, 0.25) is 0 Å². The number of fused-ring (bicyclic) bond motifs is 1. The molecule has 1 N–H and O–H groups in total. The Hall–Kier alpha value is -0.980. The molecule has 1 aromatic rings. The van der Waals surface area contributed by atoms with Crippen LogP contribution in [0.2, 0.25) is 0 Å². The fraction of sp³-hybridized carbons (Fsp3) is 0.455. The van der Waals surface area contributed by atoms with E-state index in [0.717, 1.165) is 6.54 Å². The number of hydrogen-bond acceptors (Lipinski definition) is 1. The van der Waals surface area contributed by atoms with Crippen LogP contribution in [0.4, 0.5) is 5.69 Å². The summed E-state index contributed by atoms with van der Waals surface area (Å²) >= 11 is 0. The van der Waals surface area contributed by atoms with E-state index in [0.29, 0.717) is 0 Å². The fourth-order valence-electron chi connectivity index (χ4n) is 1.98. The van der Waals surface area contributed by atoms with Gasteiger partial charge in [0.1, 0.15) is 0 Å². The highest BCUT2D eigenvalue weighted by molar-refractivity contribution is 5.57. The quantitative estimate of drug-likeness (QED) is 0.617. The van der Waals surface area contributed by atoms with E-state index in [9.17, 15) is 0 Å². The van der Waals surface area contributed by atoms with Gasteiger partial charge in [-0.05, 0) is 49.4 Å². The number of anilines is 1. The molecule has 1 aliphatic heterocycles. The second-order valence-electron chi connectivity index (χ2n) is 3.64. The van der Waals surface area contributed by atoms with Crippen LogP contribution in [0.1, 0.15) is 23.1 Å². The van der Waals surface area contributed by atoms with Crippen molar-refractivity contribution >= 4 is 5.69 Å². The average molecular weight is 161 g/mol. The Morgan fingerprint density at radius 2 is 2.08 bits per heavy atom. The second-order valence-corrected chi connectivity index (χ2v) is 3.64. The minimum absolute atomic E-state index is 1.13. The van der Waals surface area contributed by atoms with Crippen molar-refractivity contribution in [2.75, 3.05) is 11.9 Å². The summed E-state index contributed by atoms with van der Waals surface area (Å²) in [6.45, 7) is 5.50. The molecule has 0 unspecified atom stereocenters. The molecule has 1 heteroatoms. The molecule has 1 heterocycles. The van der Waals surface area contributed by atoms with E-state index < -0.39 is 0 Å². The van der Waals surface area contributed by atoms with Gasteiger partial charge in [-0.1, -0.05) is 6.07 Å². The van der Waals surface area contributed by atoms with Gasteiger partial charge in [-0.2, -0.15) is 0 Å². The van der Waals surface area contributed by atoms with Gasteiger partial charge in [0, 0.05) is 12.2 Å². The predicted octanol–water partition coefficient (Wildman–Crippen LogP) is 2.66. The fourth-order valence-corrected chi connectivity index (χ4v) is 1.98. The maximum absolute atomic E-state index is 3.44. The zero-order chi connectivity index (χ0) is 8.55. The predicted molar refractivity (Wildman–Crippen MR) is 52.7 cm³/mol. The molecule has 12 heavy (non-hydrogen) atoms. The lowest BCUT2D eigenvalue weighted by molar-refractivity contribution is 0.823. The summed E-state index contributed by atoms with van der Waals surface area (Å²) in [6, 6.07) is 4.52. The molecule has 0 amide bonds. The molecule has 2 rings (SSSR count). The van der Waals surface area contributed by atoms with Crippen molar-refractivity contribution in [3.63, 3.8) is 0 Å². The van der Waals surface area contributed by atoms with Gasteiger partial charge in [-0.15, -0.1) is 0 Å². The van der Waals surface area contributed by atoms with Crippen molar-refractivity contribution in [2.24, 2.45) is 0 Å². The Balaban J connectivity index is 2.53. The van der Waals surface area contributed by atoms with Crippen LogP contribution in [-0.4, -0.2) is 6.54 Å². The monoisotopic (exact) mass is 161 g/mol. The third-order valence-electron chi connectivity index (χ3n) is 2.54. The molecule has 1 aliphatic rings. The van der Waals surface area contributed by atoms with Crippen LogP contribution in [0.5, 0.6) is 0 Å². The first kappa shape index (κ1) is 7.66. The first-order valence-corrected chi connectivity index (χ1v) is 4.61. The molecule has 0 saturated heterocycles. The van der Waals surface area contributed by atoms with Crippen molar-refractivity contribution < 1.29 is 0 Å². The van der Waals surface area contributed by atoms with E-state index in [4.69, 9.17) is 0 Å². The van der Waals surface area contributed by atoms with Crippen LogP contribution < -0.4 is 5.32 Å². The maximum Gasteiger partial charge on any atom is 0.0378 e. The maximum atomic E-state index is 3.44. The zero-order valence-corrected chi connectivity index (χ0v) is 7.78. The van der Waals surface area contributed by atoms with Gasteiger partial charge in [-0.3, -0.25) is 0 Å². The Morgan fingerprint density at radius 1 is 1.25 bits per heavy atom. The summed E-state index contributed by atoms with van der Waals surface area (Å²) in [5.41, 5.74) is 5.68. The van der Waals surface area contributed by atoms with E-state index in [1.807, 2.05) is 0 Å². The van der Waals surface area contributed by atoms with Gasteiger partial charge in [-0.25, -0.2) is 0 Å². The third-order valence-corrected chi connectivity index (χ3v) is 2.54. The highest BCUT2D eigenvalue weighted by Crippen LogP contribution is 2.26. The molecular weight excluding hydrogens is 146 g/mol. The number of rotatable bonds is 0. The van der Waals surface area contributed by atoms with Crippen molar-refractivity contribution in [1.82, 2.24) is 0 Å². The molecule has 0 fully saturated rings. The van der Waals surface area contributed by atoms with Crippen LogP contribution in [0.3, 0.4) is 0 Å². The van der Waals surface area contributed by atoms with E-state index in [2.05, 4.69) is 31.3 Å².